The van der Waals surface area contributed by atoms with Crippen molar-refractivity contribution >= 4 is 23.0 Å². The lowest BCUT2D eigenvalue weighted by molar-refractivity contribution is 0.112. The van der Waals surface area contributed by atoms with E-state index in [0.717, 1.165) is 51.1 Å². The van der Waals surface area contributed by atoms with Crippen LogP contribution in [0.15, 0.2) is 24.3 Å². The molecule has 0 spiro atoms. The lowest BCUT2D eigenvalue weighted by Gasteiger charge is -2.39. The molecule has 0 N–H and O–H groups in total. The molecule has 2 aliphatic heterocycles. The van der Waals surface area contributed by atoms with Crippen LogP contribution >= 0.6 is 0 Å². The van der Waals surface area contributed by atoms with Gasteiger partial charge in [-0.25, -0.2) is 0 Å². The van der Waals surface area contributed by atoms with Gasteiger partial charge in [0, 0.05) is 68.3 Å². The molecule has 2 aromatic rings. The van der Waals surface area contributed by atoms with Crippen LogP contribution in [0.1, 0.15) is 50.5 Å². The number of aromatic nitrogens is 1. The second-order valence-electron chi connectivity index (χ2n) is 8.96. The van der Waals surface area contributed by atoms with Crippen LogP contribution < -0.4 is 4.90 Å². The second-order valence-corrected chi connectivity index (χ2v) is 8.96. The van der Waals surface area contributed by atoms with Crippen molar-refractivity contribution in [3.8, 4) is 0 Å². The number of fused-ring (bicyclic) bond motifs is 1. The van der Waals surface area contributed by atoms with Gasteiger partial charge in [-0.05, 0) is 58.4 Å². The Labute approximate surface area is 168 Å². The molecule has 28 heavy (non-hydrogen) atoms. The molecule has 1 atom stereocenters. The fraction of sp³-hybridized carbons (Fsp3) is 0.609. The van der Waals surface area contributed by atoms with E-state index in [-0.39, 0.29) is 0 Å². The zero-order chi connectivity index (χ0) is 19.8. The van der Waals surface area contributed by atoms with Crippen LogP contribution in [0.5, 0.6) is 0 Å². The average Bonchev–Trinajstić information content (AvgIpc) is 3.32. The Balaban J connectivity index is 1.70. The minimum Gasteiger partial charge on any atom is -0.355 e. The van der Waals surface area contributed by atoms with Crippen LogP contribution in [-0.2, 0) is 0 Å². The number of piperazine rings is 1. The van der Waals surface area contributed by atoms with Crippen molar-refractivity contribution in [1.82, 2.24) is 14.4 Å². The summed E-state index contributed by atoms with van der Waals surface area (Å²) in [6, 6.07) is 10.2. The number of aldehydes is 1. The topological polar surface area (TPSA) is 31.7 Å². The fourth-order valence-corrected chi connectivity index (χ4v) is 4.86. The van der Waals surface area contributed by atoms with Gasteiger partial charge in [0.15, 0.2) is 0 Å². The Kier molecular flexibility index (Phi) is 5.48. The Bertz CT molecular complexity index is 832. The minimum absolute atomic E-state index is 0.500. The predicted octanol–water partition coefficient (Wildman–Crippen LogP) is 3.64. The van der Waals surface area contributed by atoms with E-state index in [1.54, 1.807) is 0 Å². The van der Waals surface area contributed by atoms with E-state index in [9.17, 15) is 4.79 Å². The van der Waals surface area contributed by atoms with E-state index in [1.165, 1.54) is 23.1 Å². The molecular formula is C23H34N4O. The Morgan fingerprint density at radius 3 is 2.25 bits per heavy atom. The first-order chi connectivity index (χ1) is 13.5. The van der Waals surface area contributed by atoms with E-state index in [0.29, 0.717) is 18.1 Å². The van der Waals surface area contributed by atoms with Crippen molar-refractivity contribution in [2.24, 2.45) is 0 Å². The minimum atomic E-state index is 0.500. The van der Waals surface area contributed by atoms with Crippen LogP contribution in [0, 0.1) is 0 Å². The van der Waals surface area contributed by atoms with E-state index in [1.807, 2.05) is 12.1 Å². The van der Waals surface area contributed by atoms with Gasteiger partial charge in [-0.3, -0.25) is 14.6 Å². The molecule has 0 amide bonds. The van der Waals surface area contributed by atoms with Crippen LogP contribution in [0.4, 0.5) is 5.82 Å². The summed E-state index contributed by atoms with van der Waals surface area (Å²) in [6.45, 7) is 15.8. The summed E-state index contributed by atoms with van der Waals surface area (Å²) in [5.41, 5.74) is 2.03. The largest absolute Gasteiger partial charge is 0.355 e. The van der Waals surface area contributed by atoms with Crippen molar-refractivity contribution in [1.29, 1.82) is 0 Å². The highest BCUT2D eigenvalue weighted by Gasteiger charge is 2.30. The molecule has 5 nitrogen and oxygen atoms in total. The number of hydrogen-bond acceptors (Lipinski definition) is 4. The smallest absolute Gasteiger partial charge is 0.150 e. The summed E-state index contributed by atoms with van der Waals surface area (Å²) in [7, 11) is 0. The molecule has 5 heteroatoms. The third-order valence-electron chi connectivity index (χ3n) is 6.64. The van der Waals surface area contributed by atoms with Crippen molar-refractivity contribution in [2.45, 2.75) is 52.2 Å². The summed E-state index contributed by atoms with van der Waals surface area (Å²) in [4.78, 5) is 19.0. The van der Waals surface area contributed by atoms with Crippen molar-refractivity contribution < 1.29 is 4.79 Å². The molecule has 1 aromatic carbocycles. The third-order valence-corrected chi connectivity index (χ3v) is 6.64. The van der Waals surface area contributed by atoms with Gasteiger partial charge in [0.2, 0.25) is 0 Å². The summed E-state index contributed by atoms with van der Waals surface area (Å²) in [5, 5.41) is 1.19. The van der Waals surface area contributed by atoms with Crippen LogP contribution in [0.2, 0.25) is 0 Å². The predicted molar refractivity (Wildman–Crippen MR) is 117 cm³/mol. The summed E-state index contributed by atoms with van der Waals surface area (Å²) < 4.78 is 2.57. The summed E-state index contributed by atoms with van der Waals surface area (Å²) >= 11 is 0. The standard InChI is InChI=1S/C23H34N4O/c1-17(2)24-9-11-25(12-10-24)23-14-20-13-19(16-28)5-6-22(20)27(23)21-7-8-26(15-21)18(3)4/h5-6,13-14,16-18,21H,7-12,15H2,1-4H3. The summed E-state index contributed by atoms with van der Waals surface area (Å²) in [6.07, 6.45) is 2.14. The van der Waals surface area contributed by atoms with Gasteiger partial charge < -0.3 is 9.47 Å². The van der Waals surface area contributed by atoms with Crippen LogP contribution in [0.25, 0.3) is 10.9 Å². The van der Waals surface area contributed by atoms with Gasteiger partial charge in [-0.15, -0.1) is 0 Å². The quantitative estimate of drug-likeness (QED) is 0.739. The first kappa shape index (κ1) is 19.5. The highest BCUT2D eigenvalue weighted by molar-refractivity contribution is 5.90. The Morgan fingerprint density at radius 2 is 1.64 bits per heavy atom. The highest BCUT2D eigenvalue weighted by Crippen LogP contribution is 2.35. The van der Waals surface area contributed by atoms with E-state index < -0.39 is 0 Å². The molecule has 0 bridgehead atoms. The molecule has 0 radical (unpaired) electrons. The van der Waals surface area contributed by atoms with Gasteiger partial charge in [0.1, 0.15) is 12.1 Å². The van der Waals surface area contributed by atoms with Crippen molar-refractivity contribution in [2.75, 3.05) is 44.2 Å². The maximum Gasteiger partial charge on any atom is 0.150 e. The molecule has 1 unspecified atom stereocenters. The molecule has 1 aromatic heterocycles. The molecule has 4 rings (SSSR count). The Morgan fingerprint density at radius 1 is 0.929 bits per heavy atom. The van der Waals surface area contributed by atoms with E-state index in [2.05, 4.69) is 59.1 Å². The molecule has 0 saturated carbocycles. The SMILES string of the molecule is CC(C)N1CCN(c2cc3cc(C=O)ccc3n2C2CCN(C(C)C)C2)CC1. The molecule has 2 fully saturated rings. The average molecular weight is 383 g/mol. The highest BCUT2D eigenvalue weighted by atomic mass is 16.1. The van der Waals surface area contributed by atoms with Crippen LogP contribution in [0.3, 0.4) is 0 Å². The van der Waals surface area contributed by atoms with E-state index in [4.69, 9.17) is 0 Å². The number of nitrogens with zero attached hydrogens (tertiary/aromatic N) is 4. The first-order valence-corrected chi connectivity index (χ1v) is 10.8. The lowest BCUT2D eigenvalue weighted by atomic mass is 10.1. The van der Waals surface area contributed by atoms with Gasteiger partial charge in [0.25, 0.3) is 0 Å². The van der Waals surface area contributed by atoms with Crippen molar-refractivity contribution in [3.63, 3.8) is 0 Å². The second kappa shape index (κ2) is 7.88. The molecule has 2 saturated heterocycles. The molecule has 0 aliphatic carbocycles. The van der Waals surface area contributed by atoms with Gasteiger partial charge >= 0.3 is 0 Å². The normalized spacial score (nSPS) is 22.1. The number of hydrogen-bond donors (Lipinski definition) is 0. The van der Waals surface area contributed by atoms with Gasteiger partial charge in [-0.1, -0.05) is 0 Å². The third kappa shape index (κ3) is 3.58. The Hall–Kier alpha value is -1.85. The molecule has 2 aliphatic rings. The van der Waals surface area contributed by atoms with Gasteiger partial charge in [-0.2, -0.15) is 0 Å². The fourth-order valence-electron chi connectivity index (χ4n) is 4.86. The monoisotopic (exact) mass is 382 g/mol. The maximum absolute atomic E-state index is 11.3. The molecule has 3 heterocycles. The zero-order valence-electron chi connectivity index (χ0n) is 17.8. The summed E-state index contributed by atoms with van der Waals surface area (Å²) in [5.74, 6) is 1.33. The van der Waals surface area contributed by atoms with Crippen LogP contribution in [-0.4, -0.2) is 72.0 Å². The lowest BCUT2D eigenvalue weighted by Crippen LogP contribution is -2.49. The van der Waals surface area contributed by atoms with Gasteiger partial charge in [0.05, 0.1) is 5.52 Å². The number of rotatable bonds is 5. The van der Waals surface area contributed by atoms with E-state index >= 15 is 0 Å². The number of anilines is 1. The maximum atomic E-state index is 11.3. The number of benzene rings is 1. The first-order valence-electron chi connectivity index (χ1n) is 10.8. The zero-order valence-corrected chi connectivity index (χ0v) is 17.8. The number of carbonyl (C=O) groups excluding carboxylic acids is 1. The van der Waals surface area contributed by atoms with Crippen molar-refractivity contribution in [3.05, 3.63) is 29.8 Å². The molecule has 152 valence electrons. The number of carbonyl (C=O) groups is 1. The molecular weight excluding hydrogens is 348 g/mol. The number of likely N-dealkylation sites (tertiary alicyclic amines) is 1.